The summed E-state index contributed by atoms with van der Waals surface area (Å²) in [7, 11) is 1.43. The Labute approximate surface area is 196 Å². The van der Waals surface area contributed by atoms with Gasteiger partial charge in [0.25, 0.3) is 5.91 Å². The highest BCUT2D eigenvalue weighted by Gasteiger charge is 2.36. The molecule has 2 aliphatic heterocycles. The highest BCUT2D eigenvalue weighted by atomic mass is 19.4. The summed E-state index contributed by atoms with van der Waals surface area (Å²) in [6.45, 7) is 1.89. The average molecular weight is 498 g/mol. The number of nitrogens with zero attached hydrogens (tertiary/aromatic N) is 4. The van der Waals surface area contributed by atoms with Gasteiger partial charge in [0.05, 0.1) is 24.3 Å². The Morgan fingerprint density at radius 1 is 1.29 bits per heavy atom. The maximum Gasteiger partial charge on any atom is 0.419 e. The lowest BCUT2D eigenvalue weighted by atomic mass is 10.1. The van der Waals surface area contributed by atoms with Crippen LogP contribution < -0.4 is 10.6 Å². The maximum absolute atomic E-state index is 13.5. The van der Waals surface area contributed by atoms with E-state index in [1.54, 1.807) is 0 Å². The molecule has 35 heavy (non-hydrogen) atoms. The third-order valence-electron chi connectivity index (χ3n) is 5.66. The molecule has 0 saturated carbocycles. The number of halogens is 4. The summed E-state index contributed by atoms with van der Waals surface area (Å²) in [5.74, 6) is -2.18. The molecule has 3 heterocycles. The van der Waals surface area contributed by atoms with E-state index in [4.69, 9.17) is 4.84 Å². The van der Waals surface area contributed by atoms with Crippen molar-refractivity contribution < 1.29 is 36.8 Å². The standard InChI is InChI=1S/C21H22F4N6O4/c1-11(32)26-8-13-9-31-18(19(33)29(2)35-13)14-10-30(6-5-17(14)28-31)20(34)27-12-3-4-16(22)15(7-12)21(23,24)25/h3-4,7,13H,5-6,8-10H2,1-2H3,(H,26,32)(H,27,34)/t13-/m1/s1. The number of amides is 4. The van der Waals surface area contributed by atoms with Crippen LogP contribution in [0.1, 0.15) is 34.2 Å². The quantitative estimate of drug-likeness (QED) is 0.631. The third kappa shape index (κ3) is 5.06. The second-order valence-corrected chi connectivity index (χ2v) is 8.22. The molecule has 14 heteroatoms. The van der Waals surface area contributed by atoms with Crippen LogP contribution in [0.25, 0.3) is 0 Å². The number of nitrogens with one attached hydrogen (secondary N) is 2. The largest absolute Gasteiger partial charge is 0.419 e. The summed E-state index contributed by atoms with van der Waals surface area (Å²) in [6.07, 6.45) is -5.16. The number of fused-ring (bicyclic) bond motifs is 3. The van der Waals surface area contributed by atoms with Gasteiger partial charge in [-0.2, -0.15) is 18.3 Å². The van der Waals surface area contributed by atoms with Gasteiger partial charge >= 0.3 is 12.2 Å². The Balaban J connectivity index is 1.53. The van der Waals surface area contributed by atoms with Crippen molar-refractivity contribution in [3.8, 4) is 0 Å². The average Bonchev–Trinajstić information content (AvgIpc) is 3.08. The fourth-order valence-corrected chi connectivity index (χ4v) is 4.00. The van der Waals surface area contributed by atoms with Gasteiger partial charge in [-0.1, -0.05) is 0 Å². The van der Waals surface area contributed by atoms with Crippen LogP contribution in [-0.2, 0) is 35.3 Å². The normalized spacial score (nSPS) is 18.0. The van der Waals surface area contributed by atoms with Crippen molar-refractivity contribution in [2.75, 3.05) is 25.5 Å². The van der Waals surface area contributed by atoms with E-state index in [2.05, 4.69) is 15.7 Å². The number of hydrogen-bond acceptors (Lipinski definition) is 5. The van der Waals surface area contributed by atoms with Crippen LogP contribution in [0.3, 0.4) is 0 Å². The minimum atomic E-state index is -4.91. The van der Waals surface area contributed by atoms with Crippen molar-refractivity contribution in [1.82, 2.24) is 25.1 Å². The zero-order chi connectivity index (χ0) is 25.5. The molecule has 10 nitrogen and oxygen atoms in total. The number of rotatable bonds is 3. The molecule has 4 amide bonds. The number of alkyl halides is 3. The van der Waals surface area contributed by atoms with Crippen molar-refractivity contribution >= 4 is 23.5 Å². The van der Waals surface area contributed by atoms with Crippen molar-refractivity contribution in [3.05, 3.63) is 46.5 Å². The van der Waals surface area contributed by atoms with Crippen LogP contribution in [0.2, 0.25) is 0 Å². The molecular formula is C21H22F4N6O4. The third-order valence-corrected chi connectivity index (χ3v) is 5.66. The predicted molar refractivity (Wildman–Crippen MR) is 112 cm³/mol. The van der Waals surface area contributed by atoms with Gasteiger partial charge in [-0.05, 0) is 18.2 Å². The van der Waals surface area contributed by atoms with Crippen molar-refractivity contribution in [2.24, 2.45) is 0 Å². The summed E-state index contributed by atoms with van der Waals surface area (Å²) < 4.78 is 54.0. The minimum Gasteiger partial charge on any atom is -0.354 e. The lowest BCUT2D eigenvalue weighted by molar-refractivity contribution is -0.148. The van der Waals surface area contributed by atoms with Crippen molar-refractivity contribution in [3.63, 3.8) is 0 Å². The van der Waals surface area contributed by atoms with Crippen LogP contribution >= 0.6 is 0 Å². The fraction of sp³-hybridized carbons (Fsp3) is 0.429. The van der Waals surface area contributed by atoms with Crippen LogP contribution in [0.5, 0.6) is 0 Å². The Bertz CT molecular complexity index is 1180. The molecule has 0 aliphatic carbocycles. The van der Waals surface area contributed by atoms with Crippen LogP contribution in [-0.4, -0.2) is 63.8 Å². The van der Waals surface area contributed by atoms with Gasteiger partial charge in [-0.25, -0.2) is 14.2 Å². The van der Waals surface area contributed by atoms with Crippen LogP contribution in [0, 0.1) is 5.82 Å². The van der Waals surface area contributed by atoms with Gasteiger partial charge in [0.15, 0.2) is 0 Å². The number of aromatic nitrogens is 2. The van der Waals surface area contributed by atoms with Gasteiger partial charge in [0, 0.05) is 44.7 Å². The van der Waals surface area contributed by atoms with E-state index >= 15 is 0 Å². The number of anilines is 1. The van der Waals surface area contributed by atoms with Crippen LogP contribution in [0.15, 0.2) is 18.2 Å². The molecule has 1 aromatic carbocycles. The molecule has 0 bridgehead atoms. The molecule has 2 aliphatic rings. The molecule has 0 spiro atoms. The molecule has 2 N–H and O–H groups in total. The Kier molecular flexibility index (Phi) is 6.40. The first-order valence-corrected chi connectivity index (χ1v) is 10.6. The summed E-state index contributed by atoms with van der Waals surface area (Å²) in [5.41, 5.74) is -0.352. The van der Waals surface area contributed by atoms with E-state index in [-0.39, 0.29) is 43.5 Å². The molecule has 0 fully saturated rings. The van der Waals surface area contributed by atoms with E-state index < -0.39 is 35.6 Å². The van der Waals surface area contributed by atoms with Gasteiger partial charge in [0.2, 0.25) is 5.91 Å². The molecule has 2 aromatic rings. The molecule has 0 radical (unpaired) electrons. The zero-order valence-electron chi connectivity index (χ0n) is 18.8. The first kappa shape index (κ1) is 24.4. The molecule has 188 valence electrons. The minimum absolute atomic E-state index is 0.0141. The van der Waals surface area contributed by atoms with Gasteiger partial charge < -0.3 is 15.5 Å². The van der Waals surface area contributed by atoms with Gasteiger partial charge in [-0.15, -0.1) is 0 Å². The molecule has 0 unspecified atom stereocenters. The first-order chi connectivity index (χ1) is 16.4. The molecule has 1 atom stereocenters. The number of urea groups is 1. The fourth-order valence-electron chi connectivity index (χ4n) is 4.00. The first-order valence-electron chi connectivity index (χ1n) is 10.6. The Morgan fingerprint density at radius 3 is 2.71 bits per heavy atom. The van der Waals surface area contributed by atoms with E-state index in [0.717, 1.165) is 11.1 Å². The van der Waals surface area contributed by atoms with E-state index in [1.165, 1.54) is 23.6 Å². The van der Waals surface area contributed by atoms with Crippen molar-refractivity contribution in [2.45, 2.75) is 38.7 Å². The summed E-state index contributed by atoms with van der Waals surface area (Å²) in [6, 6.07) is 1.50. The molecule has 1 aromatic heterocycles. The van der Waals surface area contributed by atoms with Crippen molar-refractivity contribution in [1.29, 1.82) is 0 Å². The number of hydrogen-bond donors (Lipinski definition) is 2. The number of carbonyl (C=O) groups excluding carboxylic acids is 3. The number of benzene rings is 1. The van der Waals surface area contributed by atoms with E-state index in [0.29, 0.717) is 29.8 Å². The smallest absolute Gasteiger partial charge is 0.354 e. The highest BCUT2D eigenvalue weighted by molar-refractivity contribution is 5.94. The molecule has 4 rings (SSSR count). The summed E-state index contributed by atoms with van der Waals surface area (Å²) in [5, 5.41) is 10.5. The van der Waals surface area contributed by atoms with Gasteiger partial charge in [-0.3, -0.25) is 19.1 Å². The molecular weight excluding hydrogens is 476 g/mol. The second-order valence-electron chi connectivity index (χ2n) is 8.22. The maximum atomic E-state index is 13.5. The lowest BCUT2D eigenvalue weighted by Crippen LogP contribution is -2.40. The zero-order valence-corrected chi connectivity index (χ0v) is 18.8. The Morgan fingerprint density at radius 2 is 2.03 bits per heavy atom. The predicted octanol–water partition coefficient (Wildman–Crippen LogP) is 2.15. The topological polar surface area (TPSA) is 109 Å². The summed E-state index contributed by atoms with van der Waals surface area (Å²) >= 11 is 0. The van der Waals surface area contributed by atoms with Gasteiger partial charge in [0.1, 0.15) is 17.6 Å². The Hall–Kier alpha value is -3.68. The number of hydroxylamine groups is 2. The second kappa shape index (κ2) is 9.17. The SMILES string of the molecule is CC(=O)NC[C@@H]1Cn2nc3c(c2C(=O)N(C)O1)CN(C(=O)Nc1ccc(F)c(C(F)(F)F)c1)CC3. The lowest BCUT2D eigenvalue weighted by Gasteiger charge is -2.27. The van der Waals surface area contributed by atoms with E-state index in [9.17, 15) is 31.9 Å². The summed E-state index contributed by atoms with van der Waals surface area (Å²) in [4.78, 5) is 43.9. The van der Waals surface area contributed by atoms with E-state index in [1.807, 2.05) is 0 Å². The van der Waals surface area contributed by atoms with Crippen LogP contribution in [0.4, 0.5) is 28.0 Å². The highest BCUT2D eigenvalue weighted by Crippen LogP contribution is 2.33. The number of carbonyl (C=O) groups is 3. The monoisotopic (exact) mass is 498 g/mol. The molecule has 0 saturated heterocycles.